The summed E-state index contributed by atoms with van der Waals surface area (Å²) < 4.78 is 34.0. The number of rotatable bonds is 8. The Morgan fingerprint density at radius 3 is 1.62 bits per heavy atom. The molecule has 27 heteroatoms. The molecule has 0 saturated carbocycles. The van der Waals surface area contributed by atoms with Gasteiger partial charge < -0.3 is 20.8 Å². The third kappa shape index (κ3) is 17.6. The van der Waals surface area contributed by atoms with Crippen LogP contribution in [0, 0.1) is 5.82 Å². The zero-order chi connectivity index (χ0) is 59.2. The van der Waals surface area contributed by atoms with Gasteiger partial charge in [0.1, 0.15) is 35.3 Å². The first kappa shape index (κ1) is 70.2. The molecule has 0 unspecified atom stereocenters. The van der Waals surface area contributed by atoms with E-state index >= 15 is 0 Å². The van der Waals surface area contributed by atoms with Gasteiger partial charge in [-0.25, -0.2) is 62.3 Å². The Hall–Kier alpha value is -8.56. The second-order valence-corrected chi connectivity index (χ2v) is 21.8. The van der Waals surface area contributed by atoms with Gasteiger partial charge in [-0.15, -0.1) is 0 Å². The highest BCUT2D eigenvalue weighted by molar-refractivity contribution is 9.12. The molecule has 1 saturated heterocycles. The molecule has 3 aliphatic heterocycles. The molecule has 0 bridgehead atoms. The first-order chi connectivity index (χ1) is 40.6. The Morgan fingerprint density at radius 2 is 1.15 bits per heavy atom. The lowest BCUT2D eigenvalue weighted by Gasteiger charge is -2.32. The van der Waals surface area contributed by atoms with E-state index in [1.54, 1.807) is 86.1 Å². The van der Waals surface area contributed by atoms with E-state index in [4.69, 9.17) is 32.4 Å². The monoisotopic (exact) mass is 1340 g/mol. The van der Waals surface area contributed by atoms with Gasteiger partial charge >= 0.3 is 7.12 Å². The molecule has 460 valence electrons. The van der Waals surface area contributed by atoms with Crippen LogP contribution in [0.5, 0.6) is 0 Å². The van der Waals surface area contributed by atoms with Gasteiger partial charge in [0, 0.05) is 66.8 Å². The average Bonchev–Trinajstić information content (AvgIpc) is 1.79. The summed E-state index contributed by atoms with van der Waals surface area (Å²) in [7, 11) is -0.414. The van der Waals surface area contributed by atoms with Crippen LogP contribution in [0.25, 0.3) is 45.1 Å². The summed E-state index contributed by atoms with van der Waals surface area (Å²) in [6.07, 6.45) is 32.8. The average molecular weight is 1340 g/mol. The molecule has 0 amide bonds. The molecule has 0 aliphatic carbocycles. The predicted molar refractivity (Wildman–Crippen MR) is 356 cm³/mol. The largest absolute Gasteiger partial charge is 0.500 e. The highest BCUT2D eigenvalue weighted by Crippen LogP contribution is 2.37. The Bertz CT molecular complexity index is 4100. The van der Waals surface area contributed by atoms with E-state index in [0.717, 1.165) is 97.4 Å². The van der Waals surface area contributed by atoms with E-state index in [0.29, 0.717) is 28.4 Å². The van der Waals surface area contributed by atoms with Crippen LogP contribution in [-0.2, 0) is 15.7 Å². The fourth-order valence-corrected chi connectivity index (χ4v) is 9.24. The normalized spacial score (nSPS) is 14.1. The first-order valence-corrected chi connectivity index (χ1v) is 28.4. The van der Waals surface area contributed by atoms with Gasteiger partial charge in [-0.2, -0.15) is 20.4 Å². The summed E-state index contributed by atoms with van der Waals surface area (Å²) in [5.41, 5.74) is 19.2. The maximum absolute atomic E-state index is 13.3. The molecule has 1 atom stereocenters. The van der Waals surface area contributed by atoms with Crippen molar-refractivity contribution in [3.05, 3.63) is 197 Å². The summed E-state index contributed by atoms with van der Waals surface area (Å²) in [5, 5.41) is 17.2. The summed E-state index contributed by atoms with van der Waals surface area (Å²) in [6, 6.07) is 17.8. The molecule has 3 aliphatic rings. The minimum absolute atomic E-state index is 0. The molecule has 10 aromatic heterocycles. The van der Waals surface area contributed by atoms with E-state index in [1.165, 1.54) is 18.5 Å². The van der Waals surface area contributed by atoms with Crippen LogP contribution in [0.1, 0.15) is 94.3 Å². The fourth-order valence-electron chi connectivity index (χ4n) is 8.44. The quantitative estimate of drug-likeness (QED) is 0.106. The molecule has 88 heavy (non-hydrogen) atoms. The summed E-state index contributed by atoms with van der Waals surface area (Å²) in [6.45, 7) is 11.8. The van der Waals surface area contributed by atoms with Gasteiger partial charge in [0.05, 0.1) is 80.5 Å². The Labute approximate surface area is 534 Å². The standard InChI is InChI=1S/C21H20FN5.C12H16BN3O2.C10H6ClN5.C6H4BrN3.C4H5BrN2.C4H6N2.4CH4/c1-2-4-16(15-5-7-17(22)8-6-15)11-18-12-20(25-14-24-18)19-13-26-27-10-3-9-23-21(19)27;1-11(2)12(3,4)18-13(17-11)9-8-15-16-7-5-6-14-10(9)16;11-9-4-8(13-6-14-9)7-5-15-16-3-1-2-12-10(7)16;7-5-4-9-10-3-1-2-8-6(5)10;5-3-1-2-7-4(3)6;5-4-2-1-3-6-4;;;;/h3,5-10,12-14,16H,2,4,11H2,1H3;5-8H,1-4H3;1-6H;1-4H;1H,2H2,(H2,6,7);1-2H,3H2,(H2,5,6);4*1H4/t16-;;;;;;;;;/m1........./s1. The van der Waals surface area contributed by atoms with Gasteiger partial charge in [-0.1, -0.05) is 72.9 Å². The van der Waals surface area contributed by atoms with Crippen molar-refractivity contribution in [2.24, 2.45) is 21.5 Å². The van der Waals surface area contributed by atoms with Crippen LogP contribution in [0.3, 0.4) is 0 Å². The Kier molecular flexibility index (Phi) is 25.9. The van der Waals surface area contributed by atoms with Crippen molar-refractivity contribution in [2.45, 2.75) is 101 Å². The van der Waals surface area contributed by atoms with E-state index < -0.39 is 7.12 Å². The first-order valence-electron chi connectivity index (χ1n) is 26.4. The van der Waals surface area contributed by atoms with Gasteiger partial charge in [0.25, 0.3) is 0 Å². The summed E-state index contributed by atoms with van der Waals surface area (Å²) >= 11 is 12.3. The predicted octanol–water partition coefficient (Wildman–Crippen LogP) is 11.9. The topological polar surface area (TPSA) is 268 Å². The molecule has 0 spiro atoms. The van der Waals surface area contributed by atoms with Crippen molar-refractivity contribution < 1.29 is 13.7 Å². The van der Waals surface area contributed by atoms with E-state index in [-0.39, 0.29) is 46.7 Å². The zero-order valence-electron chi connectivity index (χ0n) is 46.3. The maximum Gasteiger partial charge on any atom is 0.500 e. The minimum Gasteiger partial charge on any atom is -0.399 e. The van der Waals surface area contributed by atoms with E-state index in [9.17, 15) is 4.39 Å². The lowest BCUT2D eigenvalue weighted by atomic mass is 9.81. The van der Waals surface area contributed by atoms with E-state index in [2.05, 4.69) is 109 Å². The van der Waals surface area contributed by atoms with Crippen molar-refractivity contribution in [3.63, 3.8) is 0 Å². The lowest BCUT2D eigenvalue weighted by molar-refractivity contribution is 0.00578. The summed E-state index contributed by atoms with van der Waals surface area (Å²) in [5.74, 6) is 1.34. The molecule has 11 aromatic rings. The van der Waals surface area contributed by atoms with Crippen LogP contribution >= 0.6 is 43.5 Å². The number of halogens is 4. The lowest BCUT2D eigenvalue weighted by Crippen LogP contribution is -2.41. The smallest absolute Gasteiger partial charge is 0.399 e. The van der Waals surface area contributed by atoms with Crippen molar-refractivity contribution in [3.8, 4) is 22.5 Å². The second kappa shape index (κ2) is 32.4. The minimum atomic E-state index is -0.414. The molecule has 1 fully saturated rings. The number of hydrogen-bond donors (Lipinski definition) is 2. The van der Waals surface area contributed by atoms with Gasteiger partial charge in [-0.3, -0.25) is 9.98 Å². The fraction of sp³-hybridized carbons (Fsp3) is 0.279. The zero-order valence-corrected chi connectivity index (χ0v) is 50.2. The van der Waals surface area contributed by atoms with Crippen molar-refractivity contribution >= 4 is 90.3 Å². The molecular formula is C61H73BBr2ClFN20O2. The number of aliphatic imine (C=N–C) groups is 2. The molecule has 13 heterocycles. The number of amidine groups is 2. The van der Waals surface area contributed by atoms with Crippen LogP contribution in [-0.4, -0.2) is 121 Å². The number of aromatic nitrogens is 16. The van der Waals surface area contributed by atoms with Crippen LogP contribution in [0.2, 0.25) is 5.15 Å². The Morgan fingerprint density at radius 1 is 0.636 bits per heavy atom. The maximum atomic E-state index is 13.3. The molecule has 14 rings (SSSR count). The van der Waals surface area contributed by atoms with Gasteiger partial charge in [0.15, 0.2) is 22.6 Å². The van der Waals surface area contributed by atoms with Crippen LogP contribution in [0.15, 0.2) is 185 Å². The number of fused-ring (bicyclic) bond motifs is 4. The molecule has 4 N–H and O–H groups in total. The van der Waals surface area contributed by atoms with Crippen molar-refractivity contribution in [1.29, 1.82) is 0 Å². The molecule has 22 nitrogen and oxygen atoms in total. The van der Waals surface area contributed by atoms with Gasteiger partial charge in [0.2, 0.25) is 0 Å². The summed E-state index contributed by atoms with van der Waals surface area (Å²) in [4.78, 5) is 41.6. The highest BCUT2D eigenvalue weighted by Gasteiger charge is 2.52. The number of hydrogen-bond acceptors (Lipinski definition) is 18. The third-order valence-corrected chi connectivity index (χ3v) is 14.9. The molecule has 0 radical (unpaired) electrons. The van der Waals surface area contributed by atoms with Gasteiger partial charge in [-0.05, 0) is 138 Å². The van der Waals surface area contributed by atoms with Crippen molar-refractivity contribution in [1.82, 2.24) is 78.3 Å². The highest BCUT2D eigenvalue weighted by atomic mass is 79.9. The number of benzene rings is 1. The van der Waals surface area contributed by atoms with Crippen LogP contribution in [0.4, 0.5) is 4.39 Å². The SMILES string of the molecule is Brc1cnn2cccnc12.C.C.C.C.CC1(C)OB(c2cnn3cccnc23)OC1(C)C.CCC[C@H](Cc1cc(-c2cnn3cccnc23)ncn1)c1ccc(F)cc1.Clc1cc(-c2cnn3cccnc23)ncn1.NC1=NCC=C1.NC1=NCC=C1Br. The van der Waals surface area contributed by atoms with Crippen molar-refractivity contribution in [2.75, 3.05) is 13.1 Å². The number of nitrogens with two attached hydrogens (primary N) is 2. The second-order valence-electron chi connectivity index (χ2n) is 19.7. The number of nitrogens with zero attached hydrogens (tertiary/aromatic N) is 18. The third-order valence-electron chi connectivity index (χ3n) is 13.4. The molecular weight excluding hydrogens is 1270 g/mol. The molecule has 1 aromatic carbocycles. The Balaban J connectivity index is 0.000000204. The van der Waals surface area contributed by atoms with E-state index in [1.807, 2.05) is 107 Å². The van der Waals surface area contributed by atoms with Crippen LogP contribution < -0.4 is 16.9 Å².